The van der Waals surface area contributed by atoms with Crippen LogP contribution >= 0.6 is 22.9 Å². The lowest BCUT2D eigenvalue weighted by Gasteiger charge is -2.04. The summed E-state index contributed by atoms with van der Waals surface area (Å²) in [5.74, 6) is 0. The lowest BCUT2D eigenvalue weighted by Crippen LogP contribution is -2.07. The number of hydrogen-bond acceptors (Lipinski definition) is 5. The van der Waals surface area contributed by atoms with E-state index < -0.39 is 4.92 Å². The molecule has 88 valence electrons. The van der Waals surface area contributed by atoms with E-state index in [-0.39, 0.29) is 5.70 Å². The molecule has 0 atom stereocenters. The first-order valence-corrected chi connectivity index (χ1v) is 5.83. The average molecular weight is 262 g/mol. The van der Waals surface area contributed by atoms with E-state index >= 15 is 0 Å². The van der Waals surface area contributed by atoms with E-state index in [2.05, 4.69) is 4.98 Å². The number of nitrogens with zero attached hydrogens (tertiary/aromatic N) is 3. The number of aromatic nitrogens is 1. The quantitative estimate of drug-likeness (QED) is 0.618. The van der Waals surface area contributed by atoms with Crippen molar-refractivity contribution in [3.63, 3.8) is 0 Å². The lowest BCUT2D eigenvalue weighted by molar-refractivity contribution is -0.425. The van der Waals surface area contributed by atoms with Gasteiger partial charge < -0.3 is 4.90 Å². The van der Waals surface area contributed by atoms with Crippen molar-refractivity contribution in [1.29, 1.82) is 0 Å². The van der Waals surface area contributed by atoms with E-state index in [0.717, 1.165) is 5.13 Å². The van der Waals surface area contributed by atoms with Gasteiger partial charge in [0, 0.05) is 26.6 Å². The number of anilines is 1. The van der Waals surface area contributed by atoms with Crippen LogP contribution in [0, 0.1) is 10.1 Å². The third-order valence-electron chi connectivity index (χ3n) is 1.88. The van der Waals surface area contributed by atoms with Crippen molar-refractivity contribution < 1.29 is 4.92 Å². The van der Waals surface area contributed by atoms with E-state index in [4.69, 9.17) is 11.6 Å². The number of allylic oxidation sites excluding steroid dienone is 1. The fourth-order valence-corrected chi connectivity index (χ4v) is 2.16. The van der Waals surface area contributed by atoms with Crippen molar-refractivity contribution in [2.45, 2.75) is 13.3 Å². The van der Waals surface area contributed by atoms with Crippen LogP contribution in [0.15, 0.2) is 5.70 Å². The second-order valence-corrected chi connectivity index (χ2v) is 4.66. The molecule has 0 amide bonds. The van der Waals surface area contributed by atoms with Gasteiger partial charge in [-0.2, -0.15) is 0 Å². The van der Waals surface area contributed by atoms with E-state index in [9.17, 15) is 10.1 Å². The van der Waals surface area contributed by atoms with Gasteiger partial charge in [-0.1, -0.05) is 29.9 Å². The van der Waals surface area contributed by atoms with Crippen LogP contribution in [0.2, 0.25) is 5.15 Å². The van der Waals surface area contributed by atoms with Gasteiger partial charge in [0.2, 0.25) is 5.70 Å². The van der Waals surface area contributed by atoms with Gasteiger partial charge >= 0.3 is 0 Å². The van der Waals surface area contributed by atoms with Crippen molar-refractivity contribution in [2.24, 2.45) is 0 Å². The minimum atomic E-state index is -0.397. The highest BCUT2D eigenvalue weighted by Crippen LogP contribution is 2.30. The Kier molecular flexibility index (Phi) is 4.26. The molecular formula is C9H12ClN3O2S. The molecule has 1 rings (SSSR count). The summed E-state index contributed by atoms with van der Waals surface area (Å²) in [6, 6.07) is 0. The summed E-state index contributed by atoms with van der Waals surface area (Å²) in [6.45, 7) is 1.73. The van der Waals surface area contributed by atoms with Gasteiger partial charge in [0.25, 0.3) is 0 Å². The molecule has 0 fully saturated rings. The highest BCUT2D eigenvalue weighted by molar-refractivity contribution is 7.17. The molecule has 0 spiro atoms. The molecule has 1 heterocycles. The molecular weight excluding hydrogens is 250 g/mol. The van der Waals surface area contributed by atoms with Crippen LogP contribution in [0.25, 0.3) is 6.08 Å². The first-order valence-electron chi connectivity index (χ1n) is 4.64. The SMILES string of the molecule is CCC(=Cc1sc(N(C)C)nc1Cl)[N+](=O)[O-]. The largest absolute Gasteiger partial charge is 0.354 e. The van der Waals surface area contributed by atoms with E-state index in [1.165, 1.54) is 17.4 Å². The summed E-state index contributed by atoms with van der Waals surface area (Å²) in [5, 5.41) is 11.7. The highest BCUT2D eigenvalue weighted by atomic mass is 35.5. The Balaban J connectivity index is 3.09. The van der Waals surface area contributed by atoms with Crippen molar-refractivity contribution in [2.75, 3.05) is 19.0 Å². The molecule has 0 radical (unpaired) electrons. The van der Waals surface area contributed by atoms with Crippen LogP contribution in [0.5, 0.6) is 0 Å². The lowest BCUT2D eigenvalue weighted by atomic mass is 10.3. The Morgan fingerprint density at radius 1 is 1.69 bits per heavy atom. The minimum Gasteiger partial charge on any atom is -0.354 e. The number of rotatable bonds is 4. The molecule has 0 aliphatic carbocycles. The monoisotopic (exact) mass is 261 g/mol. The van der Waals surface area contributed by atoms with Gasteiger partial charge in [0.1, 0.15) is 5.15 Å². The summed E-state index contributed by atoms with van der Waals surface area (Å²) in [7, 11) is 3.69. The molecule has 0 N–H and O–H groups in total. The van der Waals surface area contributed by atoms with Crippen molar-refractivity contribution in [1.82, 2.24) is 4.98 Å². The molecule has 16 heavy (non-hydrogen) atoms. The molecule has 7 heteroatoms. The molecule has 0 saturated carbocycles. The normalized spacial score (nSPS) is 11.6. The maximum absolute atomic E-state index is 10.7. The zero-order valence-corrected chi connectivity index (χ0v) is 10.8. The molecule has 0 bridgehead atoms. The Bertz CT molecular complexity index is 428. The van der Waals surface area contributed by atoms with Crippen LogP contribution in [-0.2, 0) is 0 Å². The van der Waals surface area contributed by atoms with Crippen LogP contribution in [-0.4, -0.2) is 24.0 Å². The molecule has 0 unspecified atom stereocenters. The van der Waals surface area contributed by atoms with Crippen LogP contribution in [0.3, 0.4) is 0 Å². The fraction of sp³-hybridized carbons (Fsp3) is 0.444. The van der Waals surface area contributed by atoms with Gasteiger partial charge in [0.05, 0.1) is 9.80 Å². The van der Waals surface area contributed by atoms with Crippen LogP contribution in [0.1, 0.15) is 18.2 Å². The van der Waals surface area contributed by atoms with Gasteiger partial charge in [-0.25, -0.2) is 4.98 Å². The minimum absolute atomic E-state index is 0.135. The summed E-state index contributed by atoms with van der Waals surface area (Å²) < 4.78 is 0. The first kappa shape index (κ1) is 12.9. The standard InChI is InChI=1S/C9H12ClN3O2S/c1-4-6(13(14)15)5-7-8(10)11-9(16-7)12(2)3/h5H,4H2,1-3H3. The van der Waals surface area contributed by atoms with Crippen LogP contribution < -0.4 is 4.90 Å². The van der Waals surface area contributed by atoms with Gasteiger partial charge in [0.15, 0.2) is 5.13 Å². The van der Waals surface area contributed by atoms with Crippen molar-refractivity contribution in [3.8, 4) is 0 Å². The predicted molar refractivity (Wildman–Crippen MR) is 66.7 cm³/mol. The molecule has 0 saturated heterocycles. The first-order chi connectivity index (χ1) is 7.45. The van der Waals surface area contributed by atoms with Gasteiger partial charge in [-0.05, 0) is 0 Å². The van der Waals surface area contributed by atoms with Gasteiger partial charge in [-0.3, -0.25) is 10.1 Å². The third-order valence-corrected chi connectivity index (χ3v) is 3.45. The Labute approximate surface area is 103 Å². The summed E-state index contributed by atoms with van der Waals surface area (Å²) >= 11 is 7.23. The van der Waals surface area contributed by atoms with Gasteiger partial charge in [-0.15, -0.1) is 0 Å². The number of halogens is 1. The predicted octanol–water partition coefficient (Wildman–Crippen LogP) is 2.89. The van der Waals surface area contributed by atoms with Crippen LogP contribution in [0.4, 0.5) is 5.13 Å². The van der Waals surface area contributed by atoms with Crippen molar-refractivity contribution in [3.05, 3.63) is 25.8 Å². The number of hydrogen-bond donors (Lipinski definition) is 0. The topological polar surface area (TPSA) is 59.3 Å². The Morgan fingerprint density at radius 3 is 2.69 bits per heavy atom. The molecule has 0 aromatic carbocycles. The summed E-state index contributed by atoms with van der Waals surface area (Å²) in [6.07, 6.45) is 1.84. The zero-order chi connectivity index (χ0) is 12.3. The Hall–Kier alpha value is -1.14. The Morgan fingerprint density at radius 2 is 2.31 bits per heavy atom. The molecule has 1 aromatic rings. The average Bonchev–Trinajstić information content (AvgIpc) is 2.56. The van der Waals surface area contributed by atoms with E-state index in [1.54, 1.807) is 6.92 Å². The fourth-order valence-electron chi connectivity index (χ4n) is 1.02. The molecule has 1 aromatic heterocycles. The molecule has 0 aliphatic heterocycles. The summed E-state index contributed by atoms with van der Waals surface area (Å²) in [4.78, 5) is 16.8. The van der Waals surface area contributed by atoms with E-state index in [1.807, 2.05) is 19.0 Å². The number of thiazole rings is 1. The number of nitro groups is 1. The van der Waals surface area contributed by atoms with E-state index in [0.29, 0.717) is 16.5 Å². The second-order valence-electron chi connectivity index (χ2n) is 3.29. The third kappa shape index (κ3) is 2.93. The summed E-state index contributed by atoms with van der Waals surface area (Å²) in [5.41, 5.74) is 0.135. The molecule has 5 nitrogen and oxygen atoms in total. The smallest absolute Gasteiger partial charge is 0.247 e. The maximum Gasteiger partial charge on any atom is 0.247 e. The van der Waals surface area contributed by atoms with Crippen molar-refractivity contribution >= 4 is 34.1 Å². The highest BCUT2D eigenvalue weighted by Gasteiger charge is 2.13. The zero-order valence-electron chi connectivity index (χ0n) is 9.23. The molecule has 0 aliphatic rings. The maximum atomic E-state index is 10.7. The second kappa shape index (κ2) is 5.27.